The molecule has 2 fully saturated rings. The van der Waals surface area contributed by atoms with Crippen molar-refractivity contribution < 1.29 is 4.79 Å². The Bertz CT molecular complexity index is 426. The highest BCUT2D eigenvalue weighted by atomic mass is 16.1. The number of hydrogen-bond acceptors (Lipinski definition) is 3. The predicted molar refractivity (Wildman–Crippen MR) is 76.4 cm³/mol. The van der Waals surface area contributed by atoms with Crippen molar-refractivity contribution in [2.45, 2.75) is 37.8 Å². The lowest BCUT2D eigenvalue weighted by Gasteiger charge is -2.35. The van der Waals surface area contributed by atoms with E-state index >= 15 is 0 Å². The summed E-state index contributed by atoms with van der Waals surface area (Å²) in [5, 5.41) is 3.40. The molecule has 0 bridgehead atoms. The molecule has 2 saturated heterocycles. The third-order valence-electron chi connectivity index (χ3n) is 4.43. The Morgan fingerprint density at radius 2 is 1.84 bits per heavy atom. The van der Waals surface area contributed by atoms with E-state index in [-0.39, 0.29) is 6.04 Å². The molecular weight excluding hydrogens is 236 g/mol. The van der Waals surface area contributed by atoms with Crippen LogP contribution in [0.2, 0.25) is 0 Å². The number of benzene rings is 1. The first kappa shape index (κ1) is 12.8. The average molecular weight is 258 g/mol. The number of carbonyl (C=O) groups is 1. The quantitative estimate of drug-likeness (QED) is 0.843. The maximum Gasteiger partial charge on any atom is 0.179 e. The van der Waals surface area contributed by atoms with Crippen molar-refractivity contribution in [1.82, 2.24) is 10.2 Å². The smallest absolute Gasteiger partial charge is 0.179 e. The van der Waals surface area contributed by atoms with Gasteiger partial charge in [0, 0.05) is 11.6 Å². The lowest BCUT2D eigenvalue weighted by molar-refractivity contribution is 0.0784. The van der Waals surface area contributed by atoms with Gasteiger partial charge in [-0.15, -0.1) is 0 Å². The molecule has 1 aromatic carbocycles. The number of likely N-dealkylation sites (tertiary alicyclic amines) is 1. The fourth-order valence-corrected chi connectivity index (χ4v) is 3.44. The fraction of sp³-hybridized carbons (Fsp3) is 0.562. The normalized spacial score (nSPS) is 25.6. The first-order valence-corrected chi connectivity index (χ1v) is 7.42. The maximum absolute atomic E-state index is 12.6. The van der Waals surface area contributed by atoms with Gasteiger partial charge >= 0.3 is 0 Å². The molecule has 0 spiro atoms. The third-order valence-corrected chi connectivity index (χ3v) is 4.43. The zero-order chi connectivity index (χ0) is 13.1. The van der Waals surface area contributed by atoms with Crippen molar-refractivity contribution >= 4 is 5.78 Å². The summed E-state index contributed by atoms with van der Waals surface area (Å²) in [6.45, 7) is 3.27. The monoisotopic (exact) mass is 258 g/mol. The molecule has 2 aliphatic heterocycles. The Morgan fingerprint density at radius 1 is 1.11 bits per heavy atom. The summed E-state index contributed by atoms with van der Waals surface area (Å²) in [5.41, 5.74) is 0.869. The molecular formula is C16H22N2O. The zero-order valence-corrected chi connectivity index (χ0v) is 11.3. The fourth-order valence-electron chi connectivity index (χ4n) is 3.44. The summed E-state index contributed by atoms with van der Waals surface area (Å²) >= 11 is 0. The number of Topliss-reactive ketones (excluding diaryl/α,β-unsaturated/α-hetero) is 1. The van der Waals surface area contributed by atoms with Gasteiger partial charge in [0.15, 0.2) is 5.78 Å². The summed E-state index contributed by atoms with van der Waals surface area (Å²) in [5.74, 6) is 0.316. The minimum atomic E-state index is 0.116. The molecule has 1 N–H and O–H groups in total. The molecule has 3 rings (SSSR count). The highest BCUT2D eigenvalue weighted by Gasteiger charge is 2.35. The molecule has 102 valence electrons. The molecule has 0 radical (unpaired) electrons. The Hall–Kier alpha value is -1.19. The highest BCUT2D eigenvalue weighted by Crippen LogP contribution is 2.26. The summed E-state index contributed by atoms with van der Waals surface area (Å²) in [6, 6.07) is 10.5. The van der Waals surface area contributed by atoms with Crippen LogP contribution in [0.15, 0.2) is 30.3 Å². The lowest BCUT2D eigenvalue weighted by Crippen LogP contribution is -2.47. The van der Waals surface area contributed by atoms with Crippen LogP contribution in [0.25, 0.3) is 0 Å². The number of piperidine rings is 1. The van der Waals surface area contributed by atoms with Crippen LogP contribution < -0.4 is 5.32 Å². The summed E-state index contributed by atoms with van der Waals surface area (Å²) in [4.78, 5) is 15.1. The molecule has 2 heterocycles. The minimum Gasteiger partial charge on any atom is -0.317 e. The standard InChI is InChI=1S/C16H22N2O/c19-16(13-5-2-1-3-6-13)15-7-4-12-18(15)14-8-10-17-11-9-14/h1-3,5-6,14-15,17H,4,7-12H2. The van der Waals surface area contributed by atoms with E-state index in [1.54, 1.807) is 0 Å². The van der Waals surface area contributed by atoms with Crippen LogP contribution in [0, 0.1) is 0 Å². The Balaban J connectivity index is 1.74. The summed E-state index contributed by atoms with van der Waals surface area (Å²) in [7, 11) is 0. The second-order valence-corrected chi connectivity index (χ2v) is 5.61. The molecule has 3 nitrogen and oxygen atoms in total. The van der Waals surface area contributed by atoms with Gasteiger partial charge in [-0.1, -0.05) is 30.3 Å². The van der Waals surface area contributed by atoms with Crippen LogP contribution in [0.3, 0.4) is 0 Å². The van der Waals surface area contributed by atoms with Crippen molar-refractivity contribution in [2.75, 3.05) is 19.6 Å². The van der Waals surface area contributed by atoms with Gasteiger partial charge in [-0.3, -0.25) is 9.69 Å². The highest BCUT2D eigenvalue weighted by molar-refractivity contribution is 6.00. The number of carbonyl (C=O) groups excluding carboxylic acids is 1. The van der Waals surface area contributed by atoms with E-state index in [1.807, 2.05) is 30.3 Å². The number of nitrogens with one attached hydrogen (secondary N) is 1. The van der Waals surface area contributed by atoms with Gasteiger partial charge < -0.3 is 5.32 Å². The molecule has 0 aliphatic carbocycles. The van der Waals surface area contributed by atoms with E-state index in [0.717, 1.165) is 38.0 Å². The second-order valence-electron chi connectivity index (χ2n) is 5.61. The summed E-state index contributed by atoms with van der Waals surface area (Å²) < 4.78 is 0. The van der Waals surface area contributed by atoms with Crippen molar-refractivity contribution in [3.8, 4) is 0 Å². The zero-order valence-electron chi connectivity index (χ0n) is 11.3. The van der Waals surface area contributed by atoms with Crippen LogP contribution in [0.5, 0.6) is 0 Å². The summed E-state index contributed by atoms with van der Waals surface area (Å²) in [6.07, 6.45) is 4.54. The Morgan fingerprint density at radius 3 is 2.58 bits per heavy atom. The van der Waals surface area contributed by atoms with Gasteiger partial charge in [0.05, 0.1) is 6.04 Å². The van der Waals surface area contributed by atoms with E-state index in [0.29, 0.717) is 11.8 Å². The van der Waals surface area contributed by atoms with Crippen LogP contribution in [0.4, 0.5) is 0 Å². The number of rotatable bonds is 3. The minimum absolute atomic E-state index is 0.116. The van der Waals surface area contributed by atoms with Crippen LogP contribution in [0.1, 0.15) is 36.0 Å². The predicted octanol–water partition coefficient (Wildman–Crippen LogP) is 2.09. The molecule has 1 unspecified atom stereocenters. The number of nitrogens with zero attached hydrogens (tertiary/aromatic N) is 1. The first-order valence-electron chi connectivity index (χ1n) is 7.42. The van der Waals surface area contributed by atoms with Crippen molar-refractivity contribution in [3.63, 3.8) is 0 Å². The van der Waals surface area contributed by atoms with E-state index in [9.17, 15) is 4.79 Å². The van der Waals surface area contributed by atoms with E-state index < -0.39 is 0 Å². The number of hydrogen-bond donors (Lipinski definition) is 1. The largest absolute Gasteiger partial charge is 0.317 e. The molecule has 19 heavy (non-hydrogen) atoms. The van der Waals surface area contributed by atoms with Crippen LogP contribution >= 0.6 is 0 Å². The average Bonchev–Trinajstić information content (AvgIpc) is 2.98. The van der Waals surface area contributed by atoms with Gasteiger partial charge in [0.1, 0.15) is 0 Å². The van der Waals surface area contributed by atoms with Crippen LogP contribution in [-0.2, 0) is 0 Å². The molecule has 0 saturated carbocycles. The van der Waals surface area contributed by atoms with Crippen molar-refractivity contribution in [2.24, 2.45) is 0 Å². The Labute approximate surface area is 115 Å². The van der Waals surface area contributed by atoms with Crippen molar-refractivity contribution in [3.05, 3.63) is 35.9 Å². The third kappa shape index (κ3) is 2.72. The van der Waals surface area contributed by atoms with Gasteiger partial charge in [0.25, 0.3) is 0 Å². The topological polar surface area (TPSA) is 32.3 Å². The first-order chi connectivity index (χ1) is 9.36. The van der Waals surface area contributed by atoms with Crippen LogP contribution in [-0.4, -0.2) is 42.4 Å². The molecule has 0 amide bonds. The van der Waals surface area contributed by atoms with Gasteiger partial charge in [-0.25, -0.2) is 0 Å². The van der Waals surface area contributed by atoms with E-state index in [2.05, 4.69) is 10.2 Å². The van der Waals surface area contributed by atoms with Gasteiger partial charge in [-0.2, -0.15) is 0 Å². The Kier molecular flexibility index (Phi) is 3.95. The van der Waals surface area contributed by atoms with Crippen molar-refractivity contribution in [1.29, 1.82) is 0 Å². The lowest BCUT2D eigenvalue weighted by atomic mass is 9.98. The van der Waals surface area contributed by atoms with E-state index in [4.69, 9.17) is 0 Å². The molecule has 1 atom stereocenters. The molecule has 2 aliphatic rings. The van der Waals surface area contributed by atoms with Gasteiger partial charge in [-0.05, 0) is 45.3 Å². The maximum atomic E-state index is 12.6. The second kappa shape index (κ2) is 5.85. The SMILES string of the molecule is O=C(c1ccccc1)C1CCCN1C1CCNCC1. The molecule has 3 heteroatoms. The molecule has 0 aromatic heterocycles. The van der Waals surface area contributed by atoms with Gasteiger partial charge in [0.2, 0.25) is 0 Å². The molecule has 1 aromatic rings. The van der Waals surface area contributed by atoms with E-state index in [1.165, 1.54) is 12.8 Å². The number of ketones is 1.